The molecule has 4 aliphatic heterocycles. The SMILES string of the molecule is COc1ccc(CN(Cc2ccc(OC)cc2)c2cc(C)c(I)c(-c3nc4c5c(nc(OC[C@@H]6CC[C@H]7COCCN76)nc5c3F)N3CCN(C(=O)OC(C)(C)C)[C@@H](CI)[C@H]3[C@H](C)O4)c2F)cc1. The number of piperazine rings is 1. The molecule has 5 aromatic rings. The average molecular weight is 1160 g/mol. The molecule has 0 unspecified atom stereocenters. The molecule has 0 radical (unpaired) electrons. The Hall–Kier alpha value is -4.54. The molecular formula is C50H57F2I2N7O7. The summed E-state index contributed by atoms with van der Waals surface area (Å²) in [6.45, 7) is 13.0. The summed E-state index contributed by atoms with van der Waals surface area (Å²) in [5, 5.41) is 0.254. The number of nitrogens with zero attached hydrogens (tertiary/aromatic N) is 7. The first-order valence-electron chi connectivity index (χ1n) is 23.0. The van der Waals surface area contributed by atoms with E-state index in [0.29, 0.717) is 77.4 Å². The minimum Gasteiger partial charge on any atom is -0.497 e. The number of amides is 1. The van der Waals surface area contributed by atoms with E-state index in [1.807, 2.05) is 88.0 Å². The molecular weight excluding hydrogens is 1100 g/mol. The van der Waals surface area contributed by atoms with E-state index < -0.39 is 35.5 Å². The molecule has 0 bridgehead atoms. The molecule has 362 valence electrons. The highest BCUT2D eigenvalue weighted by Gasteiger charge is 2.47. The van der Waals surface area contributed by atoms with Gasteiger partial charge in [0, 0.05) is 52.8 Å². The van der Waals surface area contributed by atoms with Crippen LogP contribution >= 0.6 is 45.2 Å². The van der Waals surface area contributed by atoms with Crippen molar-refractivity contribution < 1.29 is 42.0 Å². The van der Waals surface area contributed by atoms with Crippen molar-refractivity contribution in [1.29, 1.82) is 0 Å². The smallest absolute Gasteiger partial charge is 0.410 e. The molecule has 0 aliphatic carbocycles. The number of aromatic nitrogens is 3. The molecule has 0 saturated carbocycles. The third kappa shape index (κ3) is 9.67. The standard InChI is InChI=1S/C50H57F2I2N7O7/c1-28-22-36(58(24-30-8-14-34(63-6)15-9-30)25-31-10-16-35(64-7)17-11-31)40(51)38(42(28)54)43-41(52)44-39-46(57-48(56-44)66-27-33-13-12-32-26-65-21-20-59(32)33)61-19-18-60(49(62)68-50(3,4)5)37(23-53)45(61)29(2)67-47(39)55-43/h8-11,14-17,22,29,32-33,37,45H,12-13,18-21,23-27H2,1-7H3/t29-,32-,33-,37-,45+/m0/s1. The quantitative estimate of drug-likeness (QED) is 0.0872. The van der Waals surface area contributed by atoms with E-state index in [2.05, 4.69) is 55.0 Å². The molecule has 9 rings (SSSR count). The van der Waals surface area contributed by atoms with Crippen LogP contribution in [0.2, 0.25) is 0 Å². The maximum atomic E-state index is 18.0. The van der Waals surface area contributed by atoms with Gasteiger partial charge in [0.1, 0.15) is 52.2 Å². The molecule has 3 aromatic carbocycles. The van der Waals surface area contributed by atoms with E-state index in [-0.39, 0.29) is 51.8 Å². The molecule has 2 aromatic heterocycles. The van der Waals surface area contributed by atoms with Crippen LogP contribution in [0.4, 0.5) is 25.1 Å². The van der Waals surface area contributed by atoms with Crippen LogP contribution in [0.15, 0.2) is 54.6 Å². The lowest BCUT2D eigenvalue weighted by Gasteiger charge is -2.48. The minimum atomic E-state index is -0.830. The van der Waals surface area contributed by atoms with Crippen molar-refractivity contribution in [3.63, 3.8) is 0 Å². The van der Waals surface area contributed by atoms with E-state index in [0.717, 1.165) is 36.1 Å². The van der Waals surface area contributed by atoms with Crippen LogP contribution in [-0.2, 0) is 22.6 Å². The van der Waals surface area contributed by atoms with Crippen LogP contribution in [0.1, 0.15) is 57.2 Å². The molecule has 0 N–H and O–H groups in total. The monoisotopic (exact) mass is 1160 g/mol. The molecule has 6 heterocycles. The summed E-state index contributed by atoms with van der Waals surface area (Å²) in [5.74, 6) is 0.373. The van der Waals surface area contributed by atoms with E-state index in [1.54, 1.807) is 25.2 Å². The summed E-state index contributed by atoms with van der Waals surface area (Å²) in [6.07, 6.45) is 0.870. The van der Waals surface area contributed by atoms with Crippen LogP contribution in [0.25, 0.3) is 22.2 Å². The number of pyridine rings is 1. The highest BCUT2D eigenvalue weighted by atomic mass is 127. The number of methoxy groups -OCH3 is 2. The van der Waals surface area contributed by atoms with E-state index >= 15 is 8.78 Å². The van der Waals surface area contributed by atoms with Crippen molar-refractivity contribution in [3.8, 4) is 34.6 Å². The first-order chi connectivity index (χ1) is 32.7. The van der Waals surface area contributed by atoms with Gasteiger partial charge in [-0.3, -0.25) is 4.90 Å². The van der Waals surface area contributed by atoms with Gasteiger partial charge in [-0.2, -0.15) is 9.97 Å². The number of anilines is 2. The number of carbonyl (C=O) groups is 1. The molecule has 0 spiro atoms. The van der Waals surface area contributed by atoms with Gasteiger partial charge in [-0.15, -0.1) is 0 Å². The molecule has 4 aliphatic rings. The Morgan fingerprint density at radius 1 is 0.926 bits per heavy atom. The maximum Gasteiger partial charge on any atom is 0.410 e. The number of aryl methyl sites for hydroxylation is 1. The van der Waals surface area contributed by atoms with E-state index in [9.17, 15) is 4.79 Å². The predicted octanol–water partition coefficient (Wildman–Crippen LogP) is 9.36. The van der Waals surface area contributed by atoms with E-state index in [4.69, 9.17) is 43.4 Å². The number of fused-ring (bicyclic) bond motifs is 3. The second kappa shape index (κ2) is 20.1. The normalized spacial score (nSPS) is 21.4. The number of morpholine rings is 1. The van der Waals surface area contributed by atoms with Crippen LogP contribution in [0.3, 0.4) is 0 Å². The Balaban J connectivity index is 1.17. The zero-order valence-corrected chi connectivity index (χ0v) is 43.7. The van der Waals surface area contributed by atoms with Crippen molar-refractivity contribution in [2.24, 2.45) is 0 Å². The van der Waals surface area contributed by atoms with Gasteiger partial charge in [0.05, 0.1) is 50.8 Å². The van der Waals surface area contributed by atoms with Crippen molar-refractivity contribution in [3.05, 3.63) is 86.5 Å². The fourth-order valence-electron chi connectivity index (χ4n) is 9.95. The fraction of sp³-hybridized carbons (Fsp3) is 0.480. The summed E-state index contributed by atoms with van der Waals surface area (Å²) in [4.78, 5) is 36.7. The molecule has 18 heteroatoms. The third-order valence-corrected chi connectivity index (χ3v) is 15.6. The number of carbonyl (C=O) groups excluding carboxylic acids is 1. The molecule has 3 fully saturated rings. The van der Waals surface area contributed by atoms with Gasteiger partial charge in [0.25, 0.3) is 0 Å². The average Bonchev–Trinajstić information content (AvgIpc) is 3.70. The zero-order valence-electron chi connectivity index (χ0n) is 39.4. The van der Waals surface area contributed by atoms with Gasteiger partial charge in [-0.05, 0) is 117 Å². The maximum absolute atomic E-state index is 18.0. The van der Waals surface area contributed by atoms with Crippen LogP contribution < -0.4 is 28.7 Å². The van der Waals surface area contributed by atoms with Crippen LogP contribution in [0.5, 0.6) is 23.4 Å². The number of alkyl halides is 1. The lowest BCUT2D eigenvalue weighted by molar-refractivity contribution is -0.0101. The Bertz CT molecular complexity index is 2610. The van der Waals surface area contributed by atoms with Gasteiger partial charge in [-0.1, -0.05) is 46.9 Å². The Morgan fingerprint density at radius 3 is 2.24 bits per heavy atom. The highest BCUT2D eigenvalue weighted by Crippen LogP contribution is 2.46. The van der Waals surface area contributed by atoms with Crippen LogP contribution in [0, 0.1) is 22.1 Å². The number of ether oxygens (including phenoxy) is 6. The second-order valence-corrected chi connectivity index (χ2v) is 20.8. The molecule has 3 saturated heterocycles. The Morgan fingerprint density at radius 2 is 1.60 bits per heavy atom. The molecule has 14 nitrogen and oxygen atoms in total. The first kappa shape index (κ1) is 48.5. The predicted molar refractivity (Wildman–Crippen MR) is 273 cm³/mol. The largest absolute Gasteiger partial charge is 0.497 e. The van der Waals surface area contributed by atoms with E-state index in [1.165, 1.54) is 0 Å². The van der Waals surface area contributed by atoms with Crippen molar-refractivity contribution >= 4 is 73.7 Å². The van der Waals surface area contributed by atoms with Crippen molar-refractivity contribution in [2.75, 3.05) is 67.9 Å². The number of benzene rings is 3. The molecule has 68 heavy (non-hydrogen) atoms. The third-order valence-electron chi connectivity index (χ3n) is 13.3. The molecule has 1 amide bonds. The zero-order chi connectivity index (χ0) is 48.0. The van der Waals surface area contributed by atoms with Gasteiger partial charge < -0.3 is 43.1 Å². The number of hydrogen-bond donors (Lipinski definition) is 0. The minimum absolute atomic E-state index is 0.00892. The van der Waals surface area contributed by atoms with Gasteiger partial charge >= 0.3 is 12.1 Å². The van der Waals surface area contributed by atoms with Gasteiger partial charge in [0.15, 0.2) is 11.6 Å². The van der Waals surface area contributed by atoms with Gasteiger partial charge in [-0.25, -0.2) is 18.6 Å². The summed E-state index contributed by atoms with van der Waals surface area (Å²) in [6, 6.07) is 16.6. The fourth-order valence-corrected chi connectivity index (χ4v) is 11.6. The van der Waals surface area contributed by atoms with Crippen LogP contribution in [-0.4, -0.2) is 125 Å². The number of rotatable bonds is 12. The van der Waals surface area contributed by atoms with Crippen molar-refractivity contribution in [2.45, 2.75) is 96.4 Å². The van der Waals surface area contributed by atoms with Crippen molar-refractivity contribution in [1.82, 2.24) is 24.8 Å². The lowest BCUT2D eigenvalue weighted by atomic mass is 9.98. The first-order valence-corrected chi connectivity index (χ1v) is 25.6. The Labute approximate surface area is 423 Å². The lowest BCUT2D eigenvalue weighted by Crippen LogP contribution is -2.66. The summed E-state index contributed by atoms with van der Waals surface area (Å²) in [5.41, 5.74) is 1.75. The highest BCUT2D eigenvalue weighted by molar-refractivity contribution is 14.1. The number of halogens is 4. The second-order valence-electron chi connectivity index (χ2n) is 18.8. The topological polar surface area (TPSA) is 124 Å². The molecule has 5 atom stereocenters. The summed E-state index contributed by atoms with van der Waals surface area (Å²) >= 11 is 4.37. The number of hydrogen-bond acceptors (Lipinski definition) is 13. The van der Waals surface area contributed by atoms with Gasteiger partial charge in [0.2, 0.25) is 5.88 Å². The summed E-state index contributed by atoms with van der Waals surface area (Å²) in [7, 11) is 3.22. The summed E-state index contributed by atoms with van der Waals surface area (Å²) < 4.78 is 72.8. The Kier molecular flexibility index (Phi) is 14.3.